The van der Waals surface area contributed by atoms with Crippen molar-refractivity contribution >= 4 is 27.7 Å². The highest BCUT2D eigenvalue weighted by atomic mass is 79.9. The molecule has 98 valence electrons. The molecular formula is C12H14BrFN2O2. The van der Waals surface area contributed by atoms with Crippen LogP contribution in [0.5, 0.6) is 0 Å². The molecule has 0 fully saturated rings. The van der Waals surface area contributed by atoms with Crippen molar-refractivity contribution in [3.63, 3.8) is 0 Å². The molecule has 0 unspecified atom stereocenters. The fourth-order valence-electron chi connectivity index (χ4n) is 1.29. The maximum Gasteiger partial charge on any atom is 0.257 e. The SMILES string of the molecule is CN(C)C(=O)CN(C)C(=O)c1cccc(Br)c1F. The molecule has 0 saturated heterocycles. The normalized spacial score (nSPS) is 10.1. The van der Waals surface area contributed by atoms with Crippen LogP contribution in [-0.2, 0) is 4.79 Å². The van der Waals surface area contributed by atoms with Crippen LogP contribution < -0.4 is 0 Å². The first-order chi connectivity index (χ1) is 8.34. The molecule has 2 amide bonds. The van der Waals surface area contributed by atoms with Gasteiger partial charge in [-0.15, -0.1) is 0 Å². The van der Waals surface area contributed by atoms with Crippen LogP contribution >= 0.6 is 15.9 Å². The highest BCUT2D eigenvalue weighted by Crippen LogP contribution is 2.19. The number of hydrogen-bond donors (Lipinski definition) is 0. The summed E-state index contributed by atoms with van der Waals surface area (Å²) in [5, 5.41) is 0. The Balaban J connectivity index is 2.87. The summed E-state index contributed by atoms with van der Waals surface area (Å²) in [6.07, 6.45) is 0. The molecular weight excluding hydrogens is 303 g/mol. The van der Waals surface area contributed by atoms with Crippen LogP contribution in [0.3, 0.4) is 0 Å². The van der Waals surface area contributed by atoms with Gasteiger partial charge in [-0.25, -0.2) is 4.39 Å². The summed E-state index contributed by atoms with van der Waals surface area (Å²) in [5.41, 5.74) is -0.0570. The Morgan fingerprint density at radius 3 is 2.44 bits per heavy atom. The number of benzene rings is 1. The maximum absolute atomic E-state index is 13.7. The molecule has 0 spiro atoms. The molecule has 18 heavy (non-hydrogen) atoms. The molecule has 1 rings (SSSR count). The fraction of sp³-hybridized carbons (Fsp3) is 0.333. The highest BCUT2D eigenvalue weighted by molar-refractivity contribution is 9.10. The summed E-state index contributed by atoms with van der Waals surface area (Å²) < 4.78 is 13.9. The zero-order valence-corrected chi connectivity index (χ0v) is 12.0. The summed E-state index contributed by atoms with van der Waals surface area (Å²) >= 11 is 3.02. The molecule has 1 aromatic carbocycles. The van der Waals surface area contributed by atoms with E-state index in [2.05, 4.69) is 15.9 Å². The smallest absolute Gasteiger partial charge is 0.257 e. The number of hydrogen-bond acceptors (Lipinski definition) is 2. The standard InChI is InChI=1S/C12H14BrFN2O2/c1-15(2)10(17)7-16(3)12(18)8-5-4-6-9(13)11(8)14/h4-6H,7H2,1-3H3. The lowest BCUT2D eigenvalue weighted by atomic mass is 10.2. The first-order valence-corrected chi connectivity index (χ1v) is 6.03. The van der Waals surface area contributed by atoms with E-state index in [1.807, 2.05) is 0 Å². The predicted molar refractivity (Wildman–Crippen MR) is 69.8 cm³/mol. The van der Waals surface area contributed by atoms with Gasteiger partial charge >= 0.3 is 0 Å². The number of amides is 2. The van der Waals surface area contributed by atoms with Crippen LogP contribution in [0.4, 0.5) is 4.39 Å². The van der Waals surface area contributed by atoms with Crippen molar-refractivity contribution in [2.75, 3.05) is 27.7 Å². The molecule has 0 bridgehead atoms. The number of nitrogens with zero attached hydrogens (tertiary/aromatic N) is 2. The molecule has 4 nitrogen and oxygen atoms in total. The van der Waals surface area contributed by atoms with E-state index in [-0.39, 0.29) is 22.5 Å². The second-order valence-corrected chi connectivity index (χ2v) is 4.91. The van der Waals surface area contributed by atoms with Crippen molar-refractivity contribution in [1.82, 2.24) is 9.80 Å². The van der Waals surface area contributed by atoms with Gasteiger partial charge in [0.25, 0.3) is 5.91 Å². The van der Waals surface area contributed by atoms with E-state index in [4.69, 9.17) is 0 Å². The molecule has 0 radical (unpaired) electrons. The Bertz CT molecular complexity index is 477. The van der Waals surface area contributed by atoms with E-state index in [1.165, 1.54) is 29.0 Å². The predicted octanol–water partition coefficient (Wildman–Crippen LogP) is 1.75. The monoisotopic (exact) mass is 316 g/mol. The Hall–Kier alpha value is -1.43. The Morgan fingerprint density at radius 2 is 1.89 bits per heavy atom. The highest BCUT2D eigenvalue weighted by Gasteiger charge is 2.20. The minimum Gasteiger partial charge on any atom is -0.347 e. The van der Waals surface area contributed by atoms with Crippen LogP contribution in [0.25, 0.3) is 0 Å². The van der Waals surface area contributed by atoms with Gasteiger partial charge < -0.3 is 9.80 Å². The van der Waals surface area contributed by atoms with Gasteiger partial charge in [0.15, 0.2) is 0 Å². The number of carbonyl (C=O) groups is 2. The van der Waals surface area contributed by atoms with Crippen molar-refractivity contribution in [2.45, 2.75) is 0 Å². The third kappa shape index (κ3) is 3.29. The molecule has 0 aromatic heterocycles. The van der Waals surface area contributed by atoms with Gasteiger partial charge in [-0.1, -0.05) is 6.07 Å². The summed E-state index contributed by atoms with van der Waals surface area (Å²) in [7, 11) is 4.66. The van der Waals surface area contributed by atoms with E-state index in [0.717, 1.165) is 0 Å². The lowest BCUT2D eigenvalue weighted by Gasteiger charge is -2.19. The minimum atomic E-state index is -0.619. The van der Waals surface area contributed by atoms with Gasteiger partial charge in [0.2, 0.25) is 5.91 Å². The Kier molecular flexibility index (Phi) is 4.84. The van der Waals surface area contributed by atoms with Gasteiger partial charge in [0.1, 0.15) is 5.82 Å². The van der Waals surface area contributed by atoms with E-state index >= 15 is 0 Å². The summed E-state index contributed by atoms with van der Waals surface area (Å²) in [6.45, 7) is -0.0855. The van der Waals surface area contributed by atoms with E-state index in [9.17, 15) is 14.0 Å². The van der Waals surface area contributed by atoms with Crippen molar-refractivity contribution in [3.8, 4) is 0 Å². The van der Waals surface area contributed by atoms with Crippen LogP contribution in [0.15, 0.2) is 22.7 Å². The molecule has 0 aliphatic rings. The topological polar surface area (TPSA) is 40.6 Å². The summed E-state index contributed by atoms with van der Waals surface area (Å²) in [4.78, 5) is 26.0. The van der Waals surface area contributed by atoms with Gasteiger partial charge in [-0.2, -0.15) is 0 Å². The van der Waals surface area contributed by atoms with Gasteiger partial charge in [-0.05, 0) is 28.1 Å². The van der Waals surface area contributed by atoms with Crippen LogP contribution in [-0.4, -0.2) is 49.3 Å². The number of rotatable bonds is 3. The molecule has 0 N–H and O–H groups in total. The van der Waals surface area contributed by atoms with E-state index in [1.54, 1.807) is 20.2 Å². The number of likely N-dealkylation sites (N-methyl/N-ethyl adjacent to an activating group) is 2. The van der Waals surface area contributed by atoms with Crippen LogP contribution in [0.1, 0.15) is 10.4 Å². The zero-order chi connectivity index (χ0) is 13.9. The first-order valence-electron chi connectivity index (χ1n) is 5.24. The molecule has 6 heteroatoms. The van der Waals surface area contributed by atoms with Crippen molar-refractivity contribution in [1.29, 1.82) is 0 Å². The molecule has 0 aliphatic heterocycles. The third-order valence-electron chi connectivity index (χ3n) is 2.40. The molecule has 0 atom stereocenters. The van der Waals surface area contributed by atoms with Crippen molar-refractivity contribution < 1.29 is 14.0 Å². The quantitative estimate of drug-likeness (QED) is 0.852. The lowest BCUT2D eigenvalue weighted by Crippen LogP contribution is -2.38. The summed E-state index contributed by atoms with van der Waals surface area (Å²) in [5.74, 6) is -1.36. The average Bonchev–Trinajstić information content (AvgIpc) is 2.31. The van der Waals surface area contributed by atoms with E-state index in [0.29, 0.717) is 0 Å². The molecule has 0 aliphatic carbocycles. The van der Waals surface area contributed by atoms with Gasteiger partial charge in [0.05, 0.1) is 16.6 Å². The Morgan fingerprint density at radius 1 is 1.28 bits per heavy atom. The molecule has 0 saturated carbocycles. The van der Waals surface area contributed by atoms with Crippen molar-refractivity contribution in [2.24, 2.45) is 0 Å². The van der Waals surface area contributed by atoms with Crippen LogP contribution in [0.2, 0.25) is 0 Å². The largest absolute Gasteiger partial charge is 0.347 e. The fourth-order valence-corrected chi connectivity index (χ4v) is 1.66. The lowest BCUT2D eigenvalue weighted by molar-refractivity contribution is -0.129. The number of carbonyl (C=O) groups excluding carboxylic acids is 2. The van der Waals surface area contributed by atoms with Gasteiger partial charge in [0, 0.05) is 21.1 Å². The zero-order valence-electron chi connectivity index (χ0n) is 10.4. The maximum atomic E-state index is 13.7. The average molecular weight is 317 g/mol. The minimum absolute atomic E-state index is 0.0570. The molecule has 1 aromatic rings. The second kappa shape index (κ2) is 5.95. The Labute approximate surface area is 113 Å². The first kappa shape index (κ1) is 14.6. The number of halogens is 2. The molecule has 0 heterocycles. The second-order valence-electron chi connectivity index (χ2n) is 4.05. The van der Waals surface area contributed by atoms with Gasteiger partial charge in [-0.3, -0.25) is 9.59 Å². The van der Waals surface area contributed by atoms with Crippen molar-refractivity contribution in [3.05, 3.63) is 34.1 Å². The third-order valence-corrected chi connectivity index (χ3v) is 3.01. The van der Waals surface area contributed by atoms with E-state index < -0.39 is 11.7 Å². The summed E-state index contributed by atoms with van der Waals surface area (Å²) in [6, 6.07) is 4.47. The van der Waals surface area contributed by atoms with Crippen LogP contribution in [0, 0.1) is 5.82 Å².